The minimum Gasteiger partial charge on any atom is -0.416 e. The number of para-hydroxylation sites is 1. The second kappa shape index (κ2) is 18.0. The number of hydrogen-bond donors (Lipinski definition) is 0. The van der Waals surface area contributed by atoms with Crippen LogP contribution in [0.2, 0.25) is 0 Å². The van der Waals surface area contributed by atoms with Crippen molar-refractivity contribution < 1.29 is 4.42 Å². The van der Waals surface area contributed by atoms with Gasteiger partial charge < -0.3 is 8.98 Å². The van der Waals surface area contributed by atoms with Crippen molar-refractivity contribution in [3.05, 3.63) is 145 Å². The highest BCUT2D eigenvalue weighted by molar-refractivity contribution is 6.09. The Balaban J connectivity index is 1.10. The molecule has 59 heavy (non-hydrogen) atoms. The summed E-state index contributed by atoms with van der Waals surface area (Å²) in [7, 11) is 0. The van der Waals surface area contributed by atoms with E-state index < -0.39 is 0 Å². The second-order valence-electron chi connectivity index (χ2n) is 16.7. The van der Waals surface area contributed by atoms with E-state index in [4.69, 9.17) is 4.42 Å². The third-order valence-electron chi connectivity index (χ3n) is 12.7. The van der Waals surface area contributed by atoms with E-state index in [0.717, 1.165) is 28.8 Å². The van der Waals surface area contributed by atoms with Crippen LogP contribution in [0.25, 0.3) is 78.1 Å². The van der Waals surface area contributed by atoms with E-state index in [1.807, 2.05) is 30.3 Å². The molecule has 1 unspecified atom stereocenters. The zero-order valence-corrected chi connectivity index (χ0v) is 34.9. The van der Waals surface area contributed by atoms with Crippen LogP contribution in [0, 0.1) is 0 Å². The number of aryl methyl sites for hydroxylation is 1. The van der Waals surface area contributed by atoms with Gasteiger partial charge in [0.1, 0.15) is 0 Å². The highest BCUT2D eigenvalue weighted by Crippen LogP contribution is 2.48. The molecule has 4 heteroatoms. The van der Waals surface area contributed by atoms with Crippen molar-refractivity contribution in [3.63, 3.8) is 0 Å². The number of hydrogen-bond acceptors (Lipinski definition) is 3. The van der Waals surface area contributed by atoms with Crippen LogP contribution < -0.4 is 0 Å². The highest BCUT2D eigenvalue weighted by Gasteiger charge is 2.28. The van der Waals surface area contributed by atoms with Crippen LogP contribution >= 0.6 is 0 Å². The molecule has 0 amide bonds. The van der Waals surface area contributed by atoms with Gasteiger partial charge in [0, 0.05) is 45.4 Å². The molecule has 1 atom stereocenters. The fraction of sp³-hybridized carbons (Fsp3) is 0.309. The molecule has 1 aliphatic carbocycles. The molecule has 4 nitrogen and oxygen atoms in total. The Labute approximate surface area is 350 Å². The van der Waals surface area contributed by atoms with Crippen molar-refractivity contribution in [2.75, 3.05) is 0 Å². The summed E-state index contributed by atoms with van der Waals surface area (Å²) >= 11 is 0. The summed E-state index contributed by atoms with van der Waals surface area (Å²) in [5.41, 5.74) is 14.8. The van der Waals surface area contributed by atoms with Crippen LogP contribution in [0.1, 0.15) is 114 Å². The zero-order valence-electron chi connectivity index (χ0n) is 34.9. The van der Waals surface area contributed by atoms with Gasteiger partial charge in [-0.1, -0.05) is 163 Å². The maximum absolute atomic E-state index is 6.41. The lowest BCUT2D eigenvalue weighted by Gasteiger charge is -2.15. The van der Waals surface area contributed by atoms with Crippen LogP contribution in [0.15, 0.2) is 138 Å². The molecule has 298 valence electrons. The van der Waals surface area contributed by atoms with Gasteiger partial charge in [0.05, 0.1) is 0 Å². The number of fused-ring (bicyclic) bond motifs is 6. The third-order valence-corrected chi connectivity index (χ3v) is 12.7. The maximum atomic E-state index is 6.41. The first-order valence-electron chi connectivity index (χ1n) is 22.5. The van der Waals surface area contributed by atoms with Gasteiger partial charge in [-0.2, -0.15) is 0 Å². The molecule has 0 saturated carbocycles. The first-order chi connectivity index (χ1) is 29.2. The molecule has 0 aliphatic heterocycles. The number of nitrogens with zero attached hydrogens (tertiary/aromatic N) is 3. The van der Waals surface area contributed by atoms with E-state index in [0.29, 0.717) is 17.7 Å². The Morgan fingerprint density at radius 3 is 1.83 bits per heavy atom. The SMILES string of the molecule is CCCCCCCCC1c2ccccc2-c2cc(-c3cc(-c4ccc5c(c4)c4ccccc4n5CCCCCCCC)cc(-c4nnc(-c5ccccc5)o4)c3)ccc21. The van der Waals surface area contributed by atoms with Gasteiger partial charge in [-0.25, -0.2) is 0 Å². The van der Waals surface area contributed by atoms with Gasteiger partial charge >= 0.3 is 0 Å². The molecule has 0 radical (unpaired) electrons. The lowest BCUT2D eigenvalue weighted by atomic mass is 9.89. The second-order valence-corrected chi connectivity index (χ2v) is 16.7. The Kier molecular flexibility index (Phi) is 11.8. The van der Waals surface area contributed by atoms with Gasteiger partial charge in [-0.15, -0.1) is 10.2 Å². The van der Waals surface area contributed by atoms with Crippen molar-refractivity contribution >= 4 is 21.8 Å². The Morgan fingerprint density at radius 2 is 1.03 bits per heavy atom. The number of unbranched alkanes of at least 4 members (excludes halogenated alkanes) is 10. The van der Waals surface area contributed by atoms with E-state index in [1.165, 1.54) is 139 Å². The highest BCUT2D eigenvalue weighted by atomic mass is 16.4. The fourth-order valence-electron chi connectivity index (χ4n) is 9.57. The number of benzene rings is 6. The predicted octanol–water partition coefficient (Wildman–Crippen LogP) is 16.1. The summed E-state index contributed by atoms with van der Waals surface area (Å²) in [6.07, 6.45) is 16.9. The van der Waals surface area contributed by atoms with Gasteiger partial charge in [-0.05, 0) is 112 Å². The Bertz CT molecular complexity index is 2670. The normalized spacial score (nSPS) is 13.4. The minimum absolute atomic E-state index is 0.452. The molecule has 0 fully saturated rings. The topological polar surface area (TPSA) is 43.9 Å². The van der Waals surface area contributed by atoms with Crippen LogP contribution in [-0.2, 0) is 6.54 Å². The van der Waals surface area contributed by atoms with Gasteiger partial charge in [0.2, 0.25) is 11.8 Å². The molecule has 9 rings (SSSR count). The third kappa shape index (κ3) is 8.15. The van der Waals surface area contributed by atoms with Gasteiger partial charge in [0.25, 0.3) is 0 Å². The zero-order chi connectivity index (χ0) is 40.0. The number of rotatable bonds is 18. The molecule has 0 bridgehead atoms. The first-order valence-corrected chi connectivity index (χ1v) is 22.5. The standard InChI is InChI=1S/C55H57N3O/c1-3-5-7-9-11-16-24-46-45-25-17-18-26-47(45)50-37-40(29-31-48(46)50)42-34-43(36-44(35-42)55-57-56-54(59-55)39-22-14-13-15-23-39)41-30-32-53-51(38-41)49-27-19-20-28-52(49)58(53)33-21-12-10-8-6-4-2/h13-15,17-20,22-23,25-32,34-38,46H,3-12,16,21,24,33H2,1-2H3. The van der Waals surface area contributed by atoms with E-state index in [9.17, 15) is 0 Å². The quantitative estimate of drug-likeness (QED) is 0.0815. The largest absolute Gasteiger partial charge is 0.416 e. The molecule has 2 aromatic heterocycles. The van der Waals surface area contributed by atoms with E-state index in [1.54, 1.807) is 0 Å². The fourth-order valence-corrected chi connectivity index (χ4v) is 9.57. The summed E-state index contributed by atoms with van der Waals surface area (Å²) < 4.78 is 8.96. The van der Waals surface area contributed by atoms with Crippen molar-refractivity contribution in [3.8, 4) is 56.3 Å². The first kappa shape index (κ1) is 38.8. The van der Waals surface area contributed by atoms with Crippen LogP contribution in [-0.4, -0.2) is 14.8 Å². The Hall–Kier alpha value is -5.74. The molecular formula is C55H57N3O. The molecule has 8 aromatic rings. The maximum Gasteiger partial charge on any atom is 0.248 e. The molecule has 2 heterocycles. The van der Waals surface area contributed by atoms with Crippen molar-refractivity contribution in [2.45, 2.75) is 110 Å². The summed E-state index contributed by atoms with van der Waals surface area (Å²) in [4.78, 5) is 0. The van der Waals surface area contributed by atoms with Crippen LogP contribution in [0.4, 0.5) is 0 Å². The molecular weight excluding hydrogens is 719 g/mol. The lowest BCUT2D eigenvalue weighted by Crippen LogP contribution is -1.97. The van der Waals surface area contributed by atoms with Crippen LogP contribution in [0.5, 0.6) is 0 Å². The lowest BCUT2D eigenvalue weighted by molar-refractivity contribution is 0.571. The van der Waals surface area contributed by atoms with E-state index >= 15 is 0 Å². The summed E-state index contributed by atoms with van der Waals surface area (Å²) in [5.74, 6) is 1.50. The minimum atomic E-state index is 0.452. The van der Waals surface area contributed by atoms with Crippen molar-refractivity contribution in [1.82, 2.24) is 14.8 Å². The van der Waals surface area contributed by atoms with Crippen molar-refractivity contribution in [2.24, 2.45) is 0 Å². The van der Waals surface area contributed by atoms with Crippen molar-refractivity contribution in [1.29, 1.82) is 0 Å². The molecule has 6 aromatic carbocycles. The average molecular weight is 776 g/mol. The van der Waals surface area contributed by atoms with E-state index in [2.05, 4.69) is 132 Å². The molecule has 1 aliphatic rings. The van der Waals surface area contributed by atoms with Crippen LogP contribution in [0.3, 0.4) is 0 Å². The van der Waals surface area contributed by atoms with E-state index in [-0.39, 0.29) is 0 Å². The summed E-state index contributed by atoms with van der Waals surface area (Å²) in [6.45, 7) is 5.62. The van der Waals surface area contributed by atoms with Gasteiger partial charge in [-0.3, -0.25) is 0 Å². The average Bonchev–Trinajstić information content (AvgIpc) is 3.99. The Morgan fingerprint density at radius 1 is 0.441 bits per heavy atom. The monoisotopic (exact) mass is 775 g/mol. The summed E-state index contributed by atoms with van der Waals surface area (Å²) in [6, 6.07) is 49.1. The molecule has 0 saturated heterocycles. The molecule has 0 N–H and O–H groups in total. The molecule has 0 spiro atoms. The van der Waals surface area contributed by atoms with Gasteiger partial charge in [0.15, 0.2) is 0 Å². The number of aromatic nitrogens is 3. The smallest absolute Gasteiger partial charge is 0.248 e. The predicted molar refractivity (Wildman–Crippen MR) is 248 cm³/mol. The summed E-state index contributed by atoms with van der Waals surface area (Å²) in [5, 5.41) is 11.7.